The molecule has 4 aromatic carbocycles. The van der Waals surface area contributed by atoms with Crippen LogP contribution in [0.4, 0.5) is 0 Å². The molecular formula is C34H24N2O8. The van der Waals surface area contributed by atoms with E-state index in [1.54, 1.807) is 6.92 Å². The maximum Gasteiger partial charge on any atom is 0.343 e. The summed E-state index contributed by atoms with van der Waals surface area (Å²) in [5.74, 6) is -4.02. The number of hydrogen-bond donors (Lipinski definition) is 0. The molecular weight excluding hydrogens is 564 g/mol. The summed E-state index contributed by atoms with van der Waals surface area (Å²) in [5.41, 5.74) is 1.59. The van der Waals surface area contributed by atoms with Crippen molar-refractivity contribution in [1.29, 1.82) is 10.5 Å². The van der Waals surface area contributed by atoms with E-state index in [1.807, 2.05) is 12.1 Å². The third-order valence-corrected chi connectivity index (χ3v) is 6.36. The van der Waals surface area contributed by atoms with Crippen LogP contribution in [0.15, 0.2) is 97.1 Å². The highest BCUT2D eigenvalue weighted by molar-refractivity contribution is 5.93. The van der Waals surface area contributed by atoms with Crippen LogP contribution >= 0.6 is 0 Å². The van der Waals surface area contributed by atoms with Crippen molar-refractivity contribution in [2.24, 2.45) is 0 Å². The lowest BCUT2D eigenvalue weighted by Gasteiger charge is -2.28. The predicted octanol–water partition coefficient (Wildman–Crippen LogP) is 6.01. The van der Waals surface area contributed by atoms with Crippen molar-refractivity contribution in [3.05, 3.63) is 130 Å². The number of hydrogen-bond acceptors (Lipinski definition) is 10. The molecule has 4 rings (SSSR count). The summed E-state index contributed by atoms with van der Waals surface area (Å²) < 4.78 is 21.7. The second kappa shape index (κ2) is 13.6. The van der Waals surface area contributed by atoms with Crippen molar-refractivity contribution in [2.45, 2.75) is 26.1 Å². The smallest absolute Gasteiger partial charge is 0.343 e. The molecule has 0 saturated heterocycles. The van der Waals surface area contributed by atoms with Crippen LogP contribution in [0.25, 0.3) is 0 Å². The zero-order valence-electron chi connectivity index (χ0n) is 23.6. The fourth-order valence-corrected chi connectivity index (χ4v) is 3.69. The van der Waals surface area contributed by atoms with Crippen LogP contribution in [0.1, 0.15) is 72.8 Å². The molecule has 0 aliphatic rings. The van der Waals surface area contributed by atoms with E-state index in [1.165, 1.54) is 104 Å². The molecule has 0 bridgehead atoms. The number of carbonyl (C=O) groups is 4. The van der Waals surface area contributed by atoms with Crippen molar-refractivity contribution in [1.82, 2.24) is 0 Å². The first-order valence-corrected chi connectivity index (χ1v) is 13.2. The maximum absolute atomic E-state index is 12.8. The maximum atomic E-state index is 12.8. The molecule has 0 aromatic heterocycles. The topological polar surface area (TPSA) is 153 Å². The minimum Gasteiger partial charge on any atom is -0.423 e. The number of nitrogens with zero attached hydrogens (tertiary/aromatic N) is 2. The Morgan fingerprint density at radius 3 is 1.14 bits per heavy atom. The summed E-state index contributed by atoms with van der Waals surface area (Å²) in [6.45, 7) is 3.13. The lowest BCUT2D eigenvalue weighted by molar-refractivity contribution is -0.157. The molecule has 0 fully saturated rings. The van der Waals surface area contributed by atoms with Crippen molar-refractivity contribution in [3.8, 4) is 23.6 Å². The van der Waals surface area contributed by atoms with Crippen molar-refractivity contribution < 1.29 is 38.1 Å². The van der Waals surface area contributed by atoms with Gasteiger partial charge >= 0.3 is 23.9 Å². The number of benzene rings is 4. The molecule has 0 spiro atoms. The van der Waals surface area contributed by atoms with Gasteiger partial charge in [-0.25, -0.2) is 19.2 Å². The largest absolute Gasteiger partial charge is 0.423 e. The molecule has 4 aromatic rings. The Hall–Kier alpha value is -6.26. The van der Waals surface area contributed by atoms with Gasteiger partial charge in [0.25, 0.3) is 5.79 Å². The Kier molecular flexibility index (Phi) is 9.49. The minimum atomic E-state index is -1.60. The average molecular weight is 589 g/mol. The number of carbonyl (C=O) groups excluding carboxylic acids is 4. The summed E-state index contributed by atoms with van der Waals surface area (Å²) in [6, 6.07) is 27.1. The van der Waals surface area contributed by atoms with E-state index < -0.39 is 29.7 Å². The van der Waals surface area contributed by atoms with Crippen LogP contribution in [0.2, 0.25) is 0 Å². The Morgan fingerprint density at radius 1 is 0.545 bits per heavy atom. The molecule has 218 valence electrons. The second-order valence-corrected chi connectivity index (χ2v) is 9.47. The zero-order chi connectivity index (χ0) is 31.7. The van der Waals surface area contributed by atoms with Crippen LogP contribution in [0.5, 0.6) is 11.5 Å². The van der Waals surface area contributed by atoms with Gasteiger partial charge < -0.3 is 18.9 Å². The first kappa shape index (κ1) is 30.7. The fraction of sp³-hybridized carbons (Fsp3) is 0.118. The molecule has 0 radical (unpaired) electrons. The van der Waals surface area contributed by atoms with Gasteiger partial charge in [-0.2, -0.15) is 10.5 Å². The summed E-state index contributed by atoms with van der Waals surface area (Å²) in [5, 5.41) is 17.8. The van der Waals surface area contributed by atoms with E-state index in [-0.39, 0.29) is 40.2 Å². The summed E-state index contributed by atoms with van der Waals surface area (Å²) in [6.07, 6.45) is 0.144. The van der Waals surface area contributed by atoms with Crippen LogP contribution in [-0.2, 0) is 9.47 Å². The Morgan fingerprint density at radius 2 is 0.841 bits per heavy atom. The van der Waals surface area contributed by atoms with E-state index >= 15 is 0 Å². The molecule has 0 amide bonds. The van der Waals surface area contributed by atoms with Gasteiger partial charge in [0.05, 0.1) is 45.5 Å². The third-order valence-electron chi connectivity index (χ3n) is 6.36. The van der Waals surface area contributed by atoms with Gasteiger partial charge in [0.15, 0.2) is 0 Å². The number of nitriles is 2. The molecule has 0 saturated carbocycles. The van der Waals surface area contributed by atoms with E-state index in [2.05, 4.69) is 0 Å². The molecule has 0 N–H and O–H groups in total. The van der Waals surface area contributed by atoms with Crippen LogP contribution < -0.4 is 9.47 Å². The number of rotatable bonds is 9. The second-order valence-electron chi connectivity index (χ2n) is 9.47. The highest BCUT2D eigenvalue weighted by Gasteiger charge is 2.32. The fourth-order valence-electron chi connectivity index (χ4n) is 3.69. The summed E-state index contributed by atoms with van der Waals surface area (Å²) in [4.78, 5) is 50.4. The minimum absolute atomic E-state index is 0.132. The van der Waals surface area contributed by atoms with Crippen molar-refractivity contribution in [3.63, 3.8) is 0 Å². The molecule has 0 unspecified atom stereocenters. The van der Waals surface area contributed by atoms with E-state index in [0.29, 0.717) is 11.1 Å². The lowest BCUT2D eigenvalue weighted by atomic mass is 10.1. The molecule has 0 heterocycles. The normalized spacial score (nSPS) is 10.5. The standard InChI is InChI=1S/C34H24N2O8/c1-3-34(2,43-32(39)26-12-16-28(17-13-26)41-30(37)24-8-4-22(20-35)5-9-24)44-33(40)27-14-18-29(19-15-27)42-31(38)25-10-6-23(21-36)7-11-25/h4-19H,3H2,1-2H3. The quantitative estimate of drug-likeness (QED) is 0.129. The van der Waals surface area contributed by atoms with E-state index in [9.17, 15) is 19.2 Å². The number of ether oxygens (including phenoxy) is 4. The molecule has 10 nitrogen and oxygen atoms in total. The summed E-state index contributed by atoms with van der Waals surface area (Å²) in [7, 11) is 0. The first-order chi connectivity index (χ1) is 21.1. The van der Waals surface area contributed by atoms with E-state index in [4.69, 9.17) is 29.5 Å². The van der Waals surface area contributed by atoms with Crippen LogP contribution in [0, 0.1) is 22.7 Å². The van der Waals surface area contributed by atoms with Gasteiger partial charge in [0.1, 0.15) is 11.5 Å². The first-order valence-electron chi connectivity index (χ1n) is 13.2. The average Bonchev–Trinajstić information content (AvgIpc) is 3.05. The number of esters is 4. The van der Waals surface area contributed by atoms with Crippen LogP contribution in [0.3, 0.4) is 0 Å². The molecule has 0 atom stereocenters. The Balaban J connectivity index is 1.33. The predicted molar refractivity (Wildman–Crippen MR) is 155 cm³/mol. The van der Waals surface area contributed by atoms with Crippen LogP contribution in [-0.4, -0.2) is 29.7 Å². The van der Waals surface area contributed by atoms with Crippen molar-refractivity contribution in [2.75, 3.05) is 0 Å². The van der Waals surface area contributed by atoms with E-state index in [0.717, 1.165) is 0 Å². The molecule has 44 heavy (non-hydrogen) atoms. The third kappa shape index (κ3) is 7.72. The lowest BCUT2D eigenvalue weighted by Crippen LogP contribution is -2.36. The van der Waals surface area contributed by atoms with Crippen molar-refractivity contribution >= 4 is 23.9 Å². The highest BCUT2D eigenvalue weighted by Crippen LogP contribution is 2.24. The van der Waals surface area contributed by atoms with Gasteiger partial charge in [0, 0.05) is 13.3 Å². The Bertz CT molecular complexity index is 1640. The molecule has 0 aliphatic heterocycles. The van der Waals surface area contributed by atoms with Gasteiger partial charge in [-0.3, -0.25) is 0 Å². The highest BCUT2D eigenvalue weighted by atomic mass is 16.7. The Labute approximate surface area is 252 Å². The van der Waals surface area contributed by atoms with Gasteiger partial charge in [-0.1, -0.05) is 6.92 Å². The van der Waals surface area contributed by atoms with Gasteiger partial charge in [0.2, 0.25) is 0 Å². The van der Waals surface area contributed by atoms with Gasteiger partial charge in [-0.05, 0) is 97.1 Å². The zero-order valence-corrected chi connectivity index (χ0v) is 23.6. The van der Waals surface area contributed by atoms with Gasteiger partial charge in [-0.15, -0.1) is 0 Å². The SMILES string of the molecule is CCC(C)(OC(=O)c1ccc(OC(=O)c2ccc(C#N)cc2)cc1)OC(=O)c1ccc(OC(=O)c2ccc(C#N)cc2)cc1. The summed E-state index contributed by atoms with van der Waals surface area (Å²) >= 11 is 0. The molecule has 0 aliphatic carbocycles. The monoisotopic (exact) mass is 588 g/mol. The molecule has 10 heteroatoms.